The van der Waals surface area contributed by atoms with Gasteiger partial charge in [0, 0.05) is 11.4 Å². The molecule has 4 aliphatic rings. The van der Waals surface area contributed by atoms with Crippen molar-refractivity contribution >= 4 is 29.1 Å². The van der Waals surface area contributed by atoms with Gasteiger partial charge in [0.1, 0.15) is 24.2 Å². The molecule has 2 aliphatic heterocycles. The number of unbranched alkanes of at least 4 members (excludes halogenated alkanes) is 2. The lowest BCUT2D eigenvalue weighted by atomic mass is 9.64. The van der Waals surface area contributed by atoms with Crippen molar-refractivity contribution < 1.29 is 29.0 Å². The van der Waals surface area contributed by atoms with Gasteiger partial charge in [0.25, 0.3) is 5.91 Å². The quantitative estimate of drug-likeness (QED) is 0.0514. The molecule has 9 nitrogen and oxygen atoms in total. The molecule has 0 aromatic carbocycles. The Balaban J connectivity index is 1.32. The fourth-order valence-corrected chi connectivity index (χ4v) is 8.96. The highest BCUT2D eigenvalue weighted by Crippen LogP contribution is 2.47. The van der Waals surface area contributed by atoms with E-state index in [-0.39, 0.29) is 67.0 Å². The van der Waals surface area contributed by atoms with E-state index in [1.807, 2.05) is 44.4 Å². The second-order valence-corrected chi connectivity index (χ2v) is 16.8. The lowest BCUT2D eigenvalue weighted by molar-refractivity contribution is -0.158. The predicted molar refractivity (Wildman–Crippen MR) is 206 cm³/mol. The minimum absolute atomic E-state index is 0.0393. The van der Waals surface area contributed by atoms with Crippen LogP contribution >= 0.6 is 11.3 Å². The summed E-state index contributed by atoms with van der Waals surface area (Å²) in [7, 11) is 0. The number of amides is 2. The van der Waals surface area contributed by atoms with E-state index >= 15 is 0 Å². The highest BCUT2D eigenvalue weighted by atomic mass is 32.1. The van der Waals surface area contributed by atoms with Crippen LogP contribution in [0.4, 0.5) is 0 Å². The van der Waals surface area contributed by atoms with Gasteiger partial charge < -0.3 is 19.9 Å². The minimum Gasteiger partial charge on any atom is -0.482 e. The minimum atomic E-state index is -1.11. The number of esters is 1. The van der Waals surface area contributed by atoms with Crippen LogP contribution in [-0.4, -0.2) is 65.4 Å². The third kappa shape index (κ3) is 9.36. The molecule has 2 aliphatic carbocycles. The van der Waals surface area contributed by atoms with Crippen LogP contribution in [0.1, 0.15) is 97.8 Å². The van der Waals surface area contributed by atoms with E-state index in [0.29, 0.717) is 19.4 Å². The van der Waals surface area contributed by atoms with Crippen molar-refractivity contribution in [1.82, 2.24) is 15.5 Å². The van der Waals surface area contributed by atoms with Crippen molar-refractivity contribution in [2.24, 2.45) is 23.7 Å². The number of allylic oxidation sites excluding steroid dienone is 5. The number of thiophene rings is 1. The van der Waals surface area contributed by atoms with E-state index in [9.17, 15) is 19.5 Å². The van der Waals surface area contributed by atoms with Gasteiger partial charge in [0.2, 0.25) is 5.91 Å². The smallest absolute Gasteiger partial charge is 0.355 e. The highest BCUT2D eigenvalue weighted by Gasteiger charge is 2.53. The van der Waals surface area contributed by atoms with Gasteiger partial charge in [-0.15, -0.1) is 11.3 Å². The molecule has 0 radical (unpaired) electrons. The molecule has 1 aromatic rings. The molecule has 284 valence electrons. The number of ether oxygens (including phenoxy) is 2. The van der Waals surface area contributed by atoms with Gasteiger partial charge >= 0.3 is 5.97 Å². The third-order valence-electron chi connectivity index (χ3n) is 10.8. The van der Waals surface area contributed by atoms with Gasteiger partial charge in [0.05, 0.1) is 30.6 Å². The van der Waals surface area contributed by atoms with Crippen LogP contribution in [0.25, 0.3) is 0 Å². The summed E-state index contributed by atoms with van der Waals surface area (Å²) in [6.07, 6.45) is 14.0. The van der Waals surface area contributed by atoms with E-state index in [2.05, 4.69) is 50.1 Å². The Kier molecular flexibility index (Phi) is 13.4. The van der Waals surface area contributed by atoms with E-state index in [4.69, 9.17) is 9.47 Å². The lowest BCUT2D eigenvalue weighted by Gasteiger charge is -2.50. The molecular formula is C42H59N3O6S. The molecule has 10 heteroatoms. The number of carbonyl (C=O) groups excluding carboxylic acids is 3. The zero-order valence-electron chi connectivity index (χ0n) is 32.0. The number of carbonyl (C=O) groups is 3. The van der Waals surface area contributed by atoms with E-state index in [1.54, 1.807) is 0 Å². The molecule has 3 N–H and O–H groups in total. The number of hydrogen-bond donors (Lipinski definition) is 3. The molecule has 0 saturated carbocycles. The monoisotopic (exact) mass is 733 g/mol. The number of rotatable bonds is 17. The molecule has 0 bridgehead atoms. The molecule has 1 aromatic heterocycles. The number of aliphatic hydroxyl groups is 1. The molecule has 6 atom stereocenters. The van der Waals surface area contributed by atoms with E-state index in [1.165, 1.54) is 21.8 Å². The maximum absolute atomic E-state index is 13.5. The van der Waals surface area contributed by atoms with Gasteiger partial charge in [-0.2, -0.15) is 0 Å². The topological polar surface area (TPSA) is 117 Å². The van der Waals surface area contributed by atoms with Crippen molar-refractivity contribution in [3.8, 4) is 0 Å². The molecule has 1 saturated heterocycles. The van der Waals surface area contributed by atoms with Crippen LogP contribution in [0.15, 0.2) is 76.1 Å². The average Bonchev–Trinajstić information content (AvgIpc) is 3.60. The molecule has 3 heterocycles. The molecule has 52 heavy (non-hydrogen) atoms. The van der Waals surface area contributed by atoms with Gasteiger partial charge in [-0.25, -0.2) is 4.79 Å². The summed E-state index contributed by atoms with van der Waals surface area (Å²) in [5.74, 6) is -0.152. The Morgan fingerprint density at radius 2 is 2.00 bits per heavy atom. The Labute approximate surface area is 314 Å². The Hall–Kier alpha value is -3.47. The Morgan fingerprint density at radius 1 is 1.21 bits per heavy atom. The Bertz CT molecular complexity index is 1600. The molecule has 5 rings (SSSR count). The van der Waals surface area contributed by atoms with Crippen LogP contribution in [-0.2, 0) is 30.3 Å². The first-order valence-corrected chi connectivity index (χ1v) is 20.0. The fourth-order valence-electron chi connectivity index (χ4n) is 8.25. The van der Waals surface area contributed by atoms with Crippen LogP contribution in [0.3, 0.4) is 0 Å². The largest absolute Gasteiger partial charge is 0.482 e. The van der Waals surface area contributed by atoms with Crippen LogP contribution in [0.5, 0.6) is 0 Å². The summed E-state index contributed by atoms with van der Waals surface area (Å²) in [5, 5.41) is 20.3. The molecule has 1 fully saturated rings. The Morgan fingerprint density at radius 3 is 2.69 bits per heavy atom. The van der Waals surface area contributed by atoms with Gasteiger partial charge in [0.15, 0.2) is 0 Å². The normalized spacial score (nSPS) is 27.3. The van der Waals surface area contributed by atoms with Crippen LogP contribution in [0.2, 0.25) is 0 Å². The van der Waals surface area contributed by atoms with Crippen molar-refractivity contribution in [1.29, 1.82) is 0 Å². The summed E-state index contributed by atoms with van der Waals surface area (Å²) in [4.78, 5) is 42.3. The van der Waals surface area contributed by atoms with Gasteiger partial charge in [-0.05, 0) is 112 Å². The van der Waals surface area contributed by atoms with Crippen molar-refractivity contribution in [2.75, 3.05) is 19.9 Å². The van der Waals surface area contributed by atoms with Crippen molar-refractivity contribution in [3.63, 3.8) is 0 Å². The van der Waals surface area contributed by atoms with Crippen LogP contribution in [0, 0.1) is 23.7 Å². The maximum Gasteiger partial charge on any atom is 0.355 e. The van der Waals surface area contributed by atoms with E-state index in [0.717, 1.165) is 65.9 Å². The second-order valence-electron chi connectivity index (χ2n) is 15.8. The standard InChI is InChI=1S/C42H59N3O6S/c1-8-9-10-12-29-20-35(37(42(7,49)22-29)33-19-28(6)14-16-32(33)27(4)5)51-25-43-23-30-15-17-34-38(44-36(46)21-31-13-11-18-52-31)40(47)45(34)39(30)41(48)50-24-26(2)3/h11,13,18-20,22,26,32-34,37-38,43,49H,4,8-10,12,14-17,21,23-25H2,1-3,5-7H3,(H,44,46)/t32-,33+,34+,37?,38-,42?/m0/s1. The fraction of sp³-hybridized carbons (Fsp3) is 0.595. The predicted octanol–water partition coefficient (Wildman–Crippen LogP) is 7.12. The first-order chi connectivity index (χ1) is 24.8. The number of β-lactam (4-membered cyclic amide) rings is 1. The lowest BCUT2D eigenvalue weighted by Crippen LogP contribution is -2.72. The summed E-state index contributed by atoms with van der Waals surface area (Å²) < 4.78 is 12.2. The number of fused-ring (bicyclic) bond motifs is 1. The average molecular weight is 734 g/mol. The second kappa shape index (κ2) is 17.6. The number of nitrogens with one attached hydrogen (secondary N) is 2. The maximum atomic E-state index is 13.5. The zero-order chi connectivity index (χ0) is 37.6. The summed E-state index contributed by atoms with van der Waals surface area (Å²) >= 11 is 1.50. The highest BCUT2D eigenvalue weighted by molar-refractivity contribution is 7.10. The van der Waals surface area contributed by atoms with E-state index < -0.39 is 17.6 Å². The van der Waals surface area contributed by atoms with Crippen LogP contribution < -0.4 is 10.6 Å². The summed E-state index contributed by atoms with van der Waals surface area (Å²) in [5.41, 5.74) is 3.45. The van der Waals surface area contributed by atoms with Crippen molar-refractivity contribution in [3.05, 3.63) is 80.9 Å². The molecule has 2 unspecified atom stereocenters. The van der Waals surface area contributed by atoms with Gasteiger partial charge in [-0.3, -0.25) is 19.8 Å². The summed E-state index contributed by atoms with van der Waals surface area (Å²) in [6, 6.07) is 2.83. The first-order valence-electron chi connectivity index (χ1n) is 19.2. The molecular weight excluding hydrogens is 675 g/mol. The first kappa shape index (κ1) is 39.7. The number of nitrogens with zero attached hydrogens (tertiary/aromatic N) is 1. The SMILES string of the molecule is C=C(C)[C@@H]1CCC(C)=C[C@H]1C1C(OCNCC2=C(C(=O)OCC(C)C)N3C(=O)[C@@H](NC(=O)Cc4cccs4)[C@H]3CC2)=CC(CCCCC)=CC1(C)O. The van der Waals surface area contributed by atoms with Crippen molar-refractivity contribution in [2.45, 2.75) is 117 Å². The summed E-state index contributed by atoms with van der Waals surface area (Å²) in [6.45, 7) is 17.3. The zero-order valence-corrected chi connectivity index (χ0v) is 32.8. The third-order valence-corrected chi connectivity index (χ3v) is 11.7. The molecule has 2 amide bonds. The molecule has 0 spiro atoms. The van der Waals surface area contributed by atoms with Gasteiger partial charge in [-0.1, -0.05) is 63.5 Å². The number of hydrogen-bond acceptors (Lipinski definition) is 8.